The van der Waals surface area contributed by atoms with Gasteiger partial charge in [-0.25, -0.2) is 0 Å². The molecule has 0 saturated heterocycles. The van der Waals surface area contributed by atoms with Crippen LogP contribution in [0.25, 0.3) is 0 Å². The molecule has 6 heteroatoms. The topological polar surface area (TPSA) is 70.0 Å². The van der Waals surface area contributed by atoms with Gasteiger partial charge in [0.15, 0.2) is 0 Å². The summed E-state index contributed by atoms with van der Waals surface area (Å²) in [5.41, 5.74) is 0.980. The standard InChI is InChI=1S/C15H11BrN2O2S/c16-12-4-6-14(7-5-12)21(20)10-15(19)18-13-3-1-2-11(8-13)9-17/h1-8H,10H2,(H,18,19). The number of benzene rings is 2. The molecule has 0 saturated carbocycles. The Balaban J connectivity index is 1.99. The number of carbonyl (C=O) groups is 1. The van der Waals surface area contributed by atoms with Gasteiger partial charge in [0.2, 0.25) is 5.91 Å². The number of rotatable bonds is 4. The molecular weight excluding hydrogens is 352 g/mol. The zero-order chi connectivity index (χ0) is 15.2. The van der Waals surface area contributed by atoms with E-state index in [4.69, 9.17) is 5.26 Å². The first-order valence-electron chi connectivity index (χ1n) is 6.02. The SMILES string of the molecule is N#Cc1cccc(NC(=O)CS(=O)c2ccc(Br)cc2)c1. The van der Waals surface area contributed by atoms with Crippen molar-refractivity contribution in [2.45, 2.75) is 4.90 Å². The Morgan fingerprint density at radius 1 is 1.24 bits per heavy atom. The van der Waals surface area contributed by atoms with Gasteiger partial charge in [0.1, 0.15) is 5.75 Å². The van der Waals surface area contributed by atoms with Gasteiger partial charge in [0.05, 0.1) is 22.4 Å². The third-order valence-electron chi connectivity index (χ3n) is 2.61. The number of hydrogen-bond acceptors (Lipinski definition) is 3. The van der Waals surface area contributed by atoms with E-state index in [0.717, 1.165) is 4.47 Å². The maximum Gasteiger partial charge on any atom is 0.237 e. The zero-order valence-corrected chi connectivity index (χ0v) is 13.3. The zero-order valence-electron chi connectivity index (χ0n) is 10.9. The van der Waals surface area contributed by atoms with E-state index < -0.39 is 10.8 Å². The molecule has 2 aromatic carbocycles. The lowest BCUT2D eigenvalue weighted by atomic mass is 10.2. The van der Waals surface area contributed by atoms with Crippen molar-refractivity contribution in [1.29, 1.82) is 5.26 Å². The van der Waals surface area contributed by atoms with Gasteiger partial charge in [0.25, 0.3) is 0 Å². The van der Waals surface area contributed by atoms with Gasteiger partial charge < -0.3 is 5.32 Å². The molecule has 0 aliphatic carbocycles. The summed E-state index contributed by atoms with van der Waals surface area (Å²) in [7, 11) is -1.40. The van der Waals surface area contributed by atoms with E-state index in [2.05, 4.69) is 21.2 Å². The summed E-state index contributed by atoms with van der Waals surface area (Å²) in [6.45, 7) is 0. The number of anilines is 1. The predicted molar refractivity (Wildman–Crippen MR) is 85.2 cm³/mol. The van der Waals surface area contributed by atoms with Crippen molar-refractivity contribution in [3.8, 4) is 6.07 Å². The molecule has 0 aromatic heterocycles. The molecule has 0 fully saturated rings. The second kappa shape index (κ2) is 7.16. The van der Waals surface area contributed by atoms with E-state index in [9.17, 15) is 9.00 Å². The minimum Gasteiger partial charge on any atom is -0.325 e. The van der Waals surface area contributed by atoms with Gasteiger partial charge >= 0.3 is 0 Å². The third kappa shape index (κ3) is 4.52. The first-order chi connectivity index (χ1) is 10.1. The van der Waals surface area contributed by atoms with Gasteiger partial charge in [-0.15, -0.1) is 0 Å². The van der Waals surface area contributed by atoms with Crippen LogP contribution < -0.4 is 5.32 Å². The van der Waals surface area contributed by atoms with E-state index in [1.807, 2.05) is 6.07 Å². The largest absolute Gasteiger partial charge is 0.325 e. The van der Waals surface area contributed by atoms with Crippen molar-refractivity contribution in [2.24, 2.45) is 0 Å². The molecule has 0 bridgehead atoms. The van der Waals surface area contributed by atoms with Crippen molar-refractivity contribution < 1.29 is 9.00 Å². The lowest BCUT2D eigenvalue weighted by molar-refractivity contribution is -0.113. The van der Waals surface area contributed by atoms with Crippen LogP contribution in [0.5, 0.6) is 0 Å². The third-order valence-corrected chi connectivity index (χ3v) is 4.47. The Bertz CT molecular complexity index is 723. The van der Waals surface area contributed by atoms with Crippen molar-refractivity contribution in [3.63, 3.8) is 0 Å². The number of amides is 1. The van der Waals surface area contributed by atoms with E-state index in [1.165, 1.54) is 0 Å². The van der Waals surface area contributed by atoms with Crippen molar-refractivity contribution in [2.75, 3.05) is 11.1 Å². The highest BCUT2D eigenvalue weighted by molar-refractivity contribution is 9.10. The Kier molecular flexibility index (Phi) is 5.26. The quantitative estimate of drug-likeness (QED) is 0.908. The highest BCUT2D eigenvalue weighted by atomic mass is 79.9. The number of hydrogen-bond donors (Lipinski definition) is 1. The molecule has 1 N–H and O–H groups in total. The molecule has 4 nitrogen and oxygen atoms in total. The first kappa shape index (κ1) is 15.4. The van der Waals surface area contributed by atoms with Crippen LogP contribution in [-0.4, -0.2) is 15.9 Å². The second-order valence-electron chi connectivity index (χ2n) is 4.18. The summed E-state index contributed by atoms with van der Waals surface area (Å²) in [6, 6.07) is 15.6. The normalized spacial score (nSPS) is 11.4. The Labute approximate surface area is 133 Å². The molecule has 0 radical (unpaired) electrons. The summed E-state index contributed by atoms with van der Waals surface area (Å²) in [5, 5.41) is 11.4. The maximum absolute atomic E-state index is 12.1. The van der Waals surface area contributed by atoms with Crippen LogP contribution in [0.1, 0.15) is 5.56 Å². The molecule has 1 amide bonds. The smallest absolute Gasteiger partial charge is 0.237 e. The van der Waals surface area contributed by atoms with Crippen LogP contribution in [0.15, 0.2) is 57.9 Å². The summed E-state index contributed by atoms with van der Waals surface area (Å²) in [5.74, 6) is -0.482. The van der Waals surface area contributed by atoms with E-state index in [0.29, 0.717) is 16.1 Å². The Morgan fingerprint density at radius 2 is 1.95 bits per heavy atom. The van der Waals surface area contributed by atoms with Gasteiger partial charge in [-0.1, -0.05) is 22.0 Å². The maximum atomic E-state index is 12.1. The average Bonchev–Trinajstić information content (AvgIpc) is 2.47. The molecule has 0 heterocycles. The molecule has 2 aromatic rings. The second-order valence-corrected chi connectivity index (χ2v) is 6.55. The van der Waals surface area contributed by atoms with Crippen LogP contribution in [0.2, 0.25) is 0 Å². The number of halogens is 1. The Hall–Kier alpha value is -1.97. The minimum atomic E-state index is -1.40. The molecule has 21 heavy (non-hydrogen) atoms. The molecule has 0 aliphatic rings. The fourth-order valence-corrected chi connectivity index (χ4v) is 2.83. The molecule has 2 rings (SSSR count). The van der Waals surface area contributed by atoms with Crippen LogP contribution in [0, 0.1) is 11.3 Å². The summed E-state index contributed by atoms with van der Waals surface area (Å²) in [6.07, 6.45) is 0. The molecule has 0 spiro atoms. The lowest BCUT2D eigenvalue weighted by Crippen LogP contribution is -2.19. The molecule has 1 unspecified atom stereocenters. The number of nitrogens with zero attached hydrogens (tertiary/aromatic N) is 1. The first-order valence-corrected chi connectivity index (χ1v) is 8.13. The van der Waals surface area contributed by atoms with E-state index in [-0.39, 0.29) is 11.7 Å². The monoisotopic (exact) mass is 362 g/mol. The molecule has 0 aliphatic heterocycles. The number of nitrogens with one attached hydrogen (secondary N) is 1. The van der Waals surface area contributed by atoms with Gasteiger partial charge in [-0.05, 0) is 42.5 Å². The fourth-order valence-electron chi connectivity index (χ4n) is 1.65. The number of carbonyl (C=O) groups excluding carboxylic acids is 1. The van der Waals surface area contributed by atoms with Crippen LogP contribution in [-0.2, 0) is 15.6 Å². The summed E-state index contributed by atoms with van der Waals surface area (Å²) in [4.78, 5) is 12.5. The van der Waals surface area contributed by atoms with Gasteiger partial charge in [0, 0.05) is 15.1 Å². The molecular formula is C15H11BrN2O2S. The fraction of sp³-hybridized carbons (Fsp3) is 0.0667. The minimum absolute atomic E-state index is 0.127. The summed E-state index contributed by atoms with van der Waals surface area (Å²) < 4.78 is 13.0. The number of nitriles is 1. The van der Waals surface area contributed by atoms with Gasteiger partial charge in [-0.2, -0.15) is 5.26 Å². The summed E-state index contributed by atoms with van der Waals surface area (Å²) >= 11 is 3.30. The van der Waals surface area contributed by atoms with Gasteiger partial charge in [-0.3, -0.25) is 9.00 Å². The van der Waals surface area contributed by atoms with E-state index in [1.54, 1.807) is 48.5 Å². The van der Waals surface area contributed by atoms with E-state index >= 15 is 0 Å². The van der Waals surface area contributed by atoms with Crippen LogP contribution in [0.3, 0.4) is 0 Å². The average molecular weight is 363 g/mol. The highest BCUT2D eigenvalue weighted by Gasteiger charge is 2.10. The van der Waals surface area contributed by atoms with Crippen LogP contribution in [0.4, 0.5) is 5.69 Å². The predicted octanol–water partition coefficient (Wildman–Crippen LogP) is 3.07. The van der Waals surface area contributed by atoms with Crippen molar-refractivity contribution in [1.82, 2.24) is 0 Å². The van der Waals surface area contributed by atoms with Crippen molar-refractivity contribution >= 4 is 38.3 Å². The lowest BCUT2D eigenvalue weighted by Gasteiger charge is -2.06. The Morgan fingerprint density at radius 3 is 2.62 bits per heavy atom. The highest BCUT2D eigenvalue weighted by Crippen LogP contribution is 2.14. The molecule has 106 valence electrons. The van der Waals surface area contributed by atoms with Crippen molar-refractivity contribution in [3.05, 3.63) is 58.6 Å². The molecule has 1 atom stereocenters. The van der Waals surface area contributed by atoms with Crippen LogP contribution >= 0.6 is 15.9 Å².